The number of carbonyl (C=O) groups is 1. The van der Waals surface area contributed by atoms with Crippen molar-refractivity contribution in [2.75, 3.05) is 13.1 Å². The van der Waals surface area contributed by atoms with Crippen LogP contribution >= 0.6 is 27.5 Å². The van der Waals surface area contributed by atoms with Gasteiger partial charge in [-0.2, -0.15) is 4.31 Å². The topological polar surface area (TPSA) is 75.7 Å². The van der Waals surface area contributed by atoms with Crippen LogP contribution in [0.15, 0.2) is 82.2 Å². The Morgan fingerprint density at radius 2 is 1.92 bits per heavy atom. The van der Waals surface area contributed by atoms with E-state index in [0.717, 1.165) is 34.0 Å². The maximum absolute atomic E-state index is 13.0. The highest BCUT2D eigenvalue weighted by atomic mass is 79.9. The molecule has 1 unspecified atom stereocenters. The summed E-state index contributed by atoms with van der Waals surface area (Å²) in [6.07, 6.45) is 5.07. The molecule has 38 heavy (non-hydrogen) atoms. The molecule has 1 amide bonds. The Bertz CT molecular complexity index is 1410. The highest BCUT2D eigenvalue weighted by molar-refractivity contribution is 9.10. The number of benzene rings is 3. The molecule has 1 heterocycles. The van der Waals surface area contributed by atoms with Gasteiger partial charge in [-0.3, -0.25) is 4.79 Å². The Morgan fingerprint density at radius 1 is 1.16 bits per heavy atom. The van der Waals surface area contributed by atoms with Crippen LogP contribution in [0.1, 0.15) is 36.5 Å². The monoisotopic (exact) mass is 616 g/mol. The van der Waals surface area contributed by atoms with Gasteiger partial charge < -0.3 is 10.1 Å². The number of ether oxygens (including phenoxy) is 1. The smallest absolute Gasteiger partial charge is 0.244 e. The third-order valence-corrected chi connectivity index (χ3v) is 9.12. The Hall–Kier alpha value is -2.65. The number of carbonyl (C=O) groups excluding carboxylic acids is 1. The van der Waals surface area contributed by atoms with Crippen LogP contribution in [0.5, 0.6) is 5.75 Å². The highest BCUT2D eigenvalue weighted by Gasteiger charge is 2.28. The lowest BCUT2D eigenvalue weighted by atomic mass is 10.0. The van der Waals surface area contributed by atoms with Crippen molar-refractivity contribution >= 4 is 49.5 Å². The predicted octanol–water partition coefficient (Wildman–Crippen LogP) is 6.43. The third kappa shape index (κ3) is 7.47. The number of hydrogen-bond acceptors (Lipinski definition) is 4. The molecule has 1 atom stereocenters. The van der Waals surface area contributed by atoms with Gasteiger partial charge in [0.05, 0.1) is 4.90 Å². The van der Waals surface area contributed by atoms with E-state index in [1.807, 2.05) is 42.5 Å². The third-order valence-electron chi connectivity index (χ3n) is 6.37. The minimum atomic E-state index is -3.50. The number of piperidine rings is 1. The second-order valence-electron chi connectivity index (χ2n) is 9.37. The van der Waals surface area contributed by atoms with Crippen molar-refractivity contribution in [2.45, 2.75) is 37.8 Å². The molecule has 0 aromatic heterocycles. The highest BCUT2D eigenvalue weighted by Crippen LogP contribution is 2.27. The normalized spacial score (nSPS) is 16.4. The summed E-state index contributed by atoms with van der Waals surface area (Å²) in [6, 6.07) is 19.7. The number of nitrogens with zero attached hydrogens (tertiary/aromatic N) is 1. The Morgan fingerprint density at radius 3 is 2.66 bits per heavy atom. The zero-order valence-corrected chi connectivity index (χ0v) is 24.2. The number of rotatable bonds is 9. The number of sulfonamides is 1. The van der Waals surface area contributed by atoms with Gasteiger partial charge >= 0.3 is 0 Å². The van der Waals surface area contributed by atoms with Crippen molar-refractivity contribution in [3.8, 4) is 5.75 Å². The van der Waals surface area contributed by atoms with Gasteiger partial charge in [0.25, 0.3) is 0 Å². The molecule has 1 aliphatic heterocycles. The Balaban J connectivity index is 1.35. The quantitative estimate of drug-likeness (QED) is 0.281. The summed E-state index contributed by atoms with van der Waals surface area (Å²) in [7, 11) is -3.50. The second kappa shape index (κ2) is 12.9. The molecular formula is C29H30BrClN2O4S. The van der Waals surface area contributed by atoms with Crippen LogP contribution in [-0.2, 0) is 28.0 Å². The summed E-state index contributed by atoms with van der Waals surface area (Å²) in [5.74, 6) is 0.709. The van der Waals surface area contributed by atoms with Crippen LogP contribution in [0.25, 0.3) is 6.08 Å². The van der Waals surface area contributed by atoms with E-state index in [2.05, 4.69) is 28.2 Å². The molecule has 0 bridgehead atoms. The average molecular weight is 618 g/mol. The predicted molar refractivity (Wildman–Crippen MR) is 154 cm³/mol. The fourth-order valence-electron chi connectivity index (χ4n) is 4.26. The van der Waals surface area contributed by atoms with Gasteiger partial charge in [0.1, 0.15) is 12.4 Å². The number of amides is 1. The van der Waals surface area contributed by atoms with Crippen LogP contribution in [-0.4, -0.2) is 31.7 Å². The van der Waals surface area contributed by atoms with Gasteiger partial charge in [-0.15, -0.1) is 0 Å². The molecule has 1 N–H and O–H groups in total. The summed E-state index contributed by atoms with van der Waals surface area (Å²) in [5, 5.41) is 3.47. The van der Waals surface area contributed by atoms with Gasteiger partial charge in [0, 0.05) is 46.3 Å². The summed E-state index contributed by atoms with van der Waals surface area (Å²) < 4.78 is 34.3. The maximum Gasteiger partial charge on any atom is 0.244 e. The SMILES string of the molecule is CC1CCCN(S(=O)(=O)c2ccc(CNC(=O)/C=C/c3cc(Br)ccc3OCc3ccccc3Cl)cc2)C1. The Kier molecular flexibility index (Phi) is 9.65. The van der Waals surface area contributed by atoms with E-state index in [0.29, 0.717) is 36.4 Å². The fraction of sp³-hybridized carbons (Fsp3) is 0.276. The molecule has 3 aromatic carbocycles. The van der Waals surface area contributed by atoms with E-state index in [1.165, 1.54) is 6.08 Å². The van der Waals surface area contributed by atoms with Gasteiger partial charge in [-0.25, -0.2) is 8.42 Å². The van der Waals surface area contributed by atoms with E-state index in [9.17, 15) is 13.2 Å². The fourth-order valence-corrected chi connectivity index (χ4v) is 6.43. The summed E-state index contributed by atoms with van der Waals surface area (Å²) in [6.45, 7) is 3.77. The molecule has 9 heteroatoms. The molecular weight excluding hydrogens is 588 g/mol. The van der Waals surface area contributed by atoms with E-state index < -0.39 is 10.0 Å². The van der Waals surface area contributed by atoms with Gasteiger partial charge in [-0.1, -0.05) is 64.8 Å². The lowest BCUT2D eigenvalue weighted by Crippen LogP contribution is -2.39. The lowest BCUT2D eigenvalue weighted by molar-refractivity contribution is -0.116. The van der Waals surface area contributed by atoms with E-state index >= 15 is 0 Å². The van der Waals surface area contributed by atoms with E-state index in [-0.39, 0.29) is 17.3 Å². The zero-order valence-electron chi connectivity index (χ0n) is 21.1. The van der Waals surface area contributed by atoms with Crippen LogP contribution in [0.3, 0.4) is 0 Å². The first-order valence-electron chi connectivity index (χ1n) is 12.4. The molecule has 0 spiro atoms. The molecule has 6 nitrogen and oxygen atoms in total. The van der Waals surface area contributed by atoms with Crippen molar-refractivity contribution in [3.63, 3.8) is 0 Å². The molecule has 3 aromatic rings. The summed E-state index contributed by atoms with van der Waals surface area (Å²) >= 11 is 9.69. The van der Waals surface area contributed by atoms with Crippen molar-refractivity contribution in [3.05, 3.63) is 99.0 Å². The first-order chi connectivity index (χ1) is 18.2. The first kappa shape index (κ1) is 28.4. The summed E-state index contributed by atoms with van der Waals surface area (Å²) in [4.78, 5) is 12.8. The minimum absolute atomic E-state index is 0.276. The van der Waals surface area contributed by atoms with Gasteiger partial charge in [0.15, 0.2) is 0 Å². The molecule has 1 saturated heterocycles. The van der Waals surface area contributed by atoms with Crippen LogP contribution in [0.2, 0.25) is 5.02 Å². The van der Waals surface area contributed by atoms with Crippen LogP contribution in [0.4, 0.5) is 0 Å². The van der Waals surface area contributed by atoms with E-state index in [4.69, 9.17) is 16.3 Å². The molecule has 1 aliphatic rings. The first-order valence-corrected chi connectivity index (χ1v) is 15.0. The largest absolute Gasteiger partial charge is 0.488 e. The van der Waals surface area contributed by atoms with Crippen molar-refractivity contribution in [1.82, 2.24) is 9.62 Å². The lowest BCUT2D eigenvalue weighted by Gasteiger charge is -2.30. The molecule has 0 saturated carbocycles. The standard InChI is InChI=1S/C29H30BrClN2O4S/c1-21-5-4-16-33(19-21)38(35,36)26-12-8-22(9-13-26)18-32-29(34)15-10-23-17-25(30)11-14-28(23)37-20-24-6-2-3-7-27(24)31/h2-3,6-15,17,21H,4-5,16,18-20H2,1H3,(H,32,34)/b15-10+. The van der Waals surface area contributed by atoms with Crippen LogP contribution < -0.4 is 10.1 Å². The van der Waals surface area contributed by atoms with Gasteiger partial charge in [0.2, 0.25) is 15.9 Å². The molecule has 4 rings (SSSR count). The minimum Gasteiger partial charge on any atom is -0.488 e. The number of halogens is 2. The van der Waals surface area contributed by atoms with Crippen molar-refractivity contribution in [1.29, 1.82) is 0 Å². The number of hydrogen-bond donors (Lipinski definition) is 1. The average Bonchev–Trinajstić information content (AvgIpc) is 2.91. The van der Waals surface area contributed by atoms with Crippen molar-refractivity contribution < 1.29 is 17.9 Å². The molecule has 0 radical (unpaired) electrons. The molecule has 200 valence electrons. The second-order valence-corrected chi connectivity index (χ2v) is 12.6. The van der Waals surface area contributed by atoms with Crippen molar-refractivity contribution in [2.24, 2.45) is 5.92 Å². The van der Waals surface area contributed by atoms with Crippen LogP contribution in [0, 0.1) is 5.92 Å². The maximum atomic E-state index is 13.0. The van der Waals surface area contributed by atoms with E-state index in [1.54, 1.807) is 34.6 Å². The number of nitrogens with one attached hydrogen (secondary N) is 1. The molecule has 1 fully saturated rings. The zero-order chi connectivity index (χ0) is 27.1. The summed E-state index contributed by atoms with van der Waals surface area (Å²) in [5.41, 5.74) is 2.42. The molecule has 0 aliphatic carbocycles. The van der Waals surface area contributed by atoms with Gasteiger partial charge in [-0.05, 0) is 66.8 Å². The Labute approximate surface area is 237 Å².